The highest BCUT2D eigenvalue weighted by Gasteiger charge is 2.52. The average Bonchev–Trinajstić information content (AvgIpc) is 3.63. The summed E-state index contributed by atoms with van der Waals surface area (Å²) in [5, 5.41) is 15.0. The third-order valence-corrected chi connectivity index (χ3v) is 8.05. The van der Waals surface area contributed by atoms with Crippen LogP contribution in [0.4, 0.5) is 4.79 Å². The molecule has 0 aliphatic carbocycles. The number of hydrogen-bond acceptors (Lipinski definition) is 9. The first-order valence-electron chi connectivity index (χ1n) is 14.7. The Morgan fingerprint density at radius 1 is 1.07 bits per heavy atom. The number of aromatic amines is 1. The highest BCUT2D eigenvalue weighted by Crippen LogP contribution is 2.36. The summed E-state index contributed by atoms with van der Waals surface area (Å²) < 4.78 is 18.3. The number of carbonyl (C=O) groups excluding carboxylic acids is 1. The molecular weight excluding hydrogens is 593 g/mol. The van der Waals surface area contributed by atoms with E-state index in [9.17, 15) is 4.79 Å². The molecule has 5 rings (SSSR count). The van der Waals surface area contributed by atoms with Gasteiger partial charge in [-0.05, 0) is 88.0 Å². The van der Waals surface area contributed by atoms with E-state index in [1.807, 2.05) is 74.7 Å². The maximum absolute atomic E-state index is 11.9. The van der Waals surface area contributed by atoms with E-state index in [2.05, 4.69) is 44.4 Å². The van der Waals surface area contributed by atoms with Crippen LogP contribution in [0.1, 0.15) is 113 Å². The van der Waals surface area contributed by atoms with Gasteiger partial charge >= 0.3 is 13.2 Å². The van der Waals surface area contributed by atoms with Gasteiger partial charge in [0.1, 0.15) is 5.60 Å². The lowest BCUT2D eigenvalue weighted by Crippen LogP contribution is -2.41. The largest absolute Gasteiger partial charge is 0.498 e. The van der Waals surface area contributed by atoms with Gasteiger partial charge < -0.3 is 19.4 Å². The van der Waals surface area contributed by atoms with E-state index in [-0.39, 0.29) is 14.9 Å². The van der Waals surface area contributed by atoms with Crippen LogP contribution in [0.25, 0.3) is 0 Å². The lowest BCUT2D eigenvalue weighted by molar-refractivity contribution is 0.00578. The van der Waals surface area contributed by atoms with Crippen LogP contribution in [-0.4, -0.2) is 66.0 Å². The fraction of sp³-hybridized carbons (Fsp3) is 0.656. The molecule has 45 heavy (non-hydrogen) atoms. The van der Waals surface area contributed by atoms with Crippen molar-refractivity contribution < 1.29 is 18.8 Å². The molecule has 5 heterocycles. The number of halogens is 1. The quantitative estimate of drug-likeness (QED) is 0.287. The predicted octanol–water partition coefficient (Wildman–Crippen LogP) is 6.84. The minimum Gasteiger partial charge on any atom is -0.442 e. The summed E-state index contributed by atoms with van der Waals surface area (Å²) >= 11 is 5.64. The number of piperidine rings is 1. The minimum atomic E-state index is -0.562. The smallest absolute Gasteiger partial charge is 0.442 e. The van der Waals surface area contributed by atoms with Crippen LogP contribution >= 0.6 is 11.6 Å². The zero-order valence-electron chi connectivity index (χ0n) is 27.4. The number of carbonyl (C=O) groups is 1. The van der Waals surface area contributed by atoms with E-state index in [0.29, 0.717) is 28.6 Å². The van der Waals surface area contributed by atoms with Gasteiger partial charge in [-0.3, -0.25) is 10.1 Å². The molecule has 2 aliphatic rings. The van der Waals surface area contributed by atoms with Crippen molar-refractivity contribution in [2.45, 2.75) is 133 Å². The Labute approximate surface area is 275 Å². The van der Waals surface area contributed by atoms with Crippen LogP contribution in [0, 0.1) is 19.8 Å². The summed E-state index contributed by atoms with van der Waals surface area (Å²) in [5.41, 5.74) is 2.21. The molecule has 11 nitrogen and oxygen atoms in total. The molecule has 0 radical (unpaired) electrons. The minimum absolute atomic E-state index is 0. The highest BCUT2D eigenvalue weighted by atomic mass is 35.5. The average molecular weight is 648 g/mol. The van der Waals surface area contributed by atoms with E-state index in [1.54, 1.807) is 18.6 Å². The summed E-state index contributed by atoms with van der Waals surface area (Å²) in [5.74, 6) is 0.716. The number of aromatic nitrogens is 6. The number of H-pyrrole nitrogens is 1. The molecule has 3 unspecified atom stereocenters. The van der Waals surface area contributed by atoms with Gasteiger partial charge in [-0.2, -0.15) is 14.9 Å². The number of rotatable bonds is 2. The van der Waals surface area contributed by atoms with Crippen LogP contribution in [-0.2, 0) is 14.0 Å². The maximum Gasteiger partial charge on any atom is 0.498 e. The normalized spacial score (nSPS) is 21.6. The van der Waals surface area contributed by atoms with Crippen LogP contribution in [0.3, 0.4) is 0 Å². The van der Waals surface area contributed by atoms with E-state index in [4.69, 9.17) is 25.6 Å². The third kappa shape index (κ3) is 11.2. The molecule has 0 amide bonds. The predicted molar refractivity (Wildman–Crippen MR) is 182 cm³/mol. The van der Waals surface area contributed by atoms with Crippen molar-refractivity contribution in [2.75, 3.05) is 0 Å². The molecule has 2 N–H and O–H groups in total. The van der Waals surface area contributed by atoms with Crippen molar-refractivity contribution in [1.29, 1.82) is 0 Å². The van der Waals surface area contributed by atoms with Crippen LogP contribution < -0.4 is 10.8 Å². The molecule has 0 aromatic carbocycles. The Balaban J connectivity index is 0.000000361. The Hall–Kier alpha value is -2.80. The van der Waals surface area contributed by atoms with Crippen molar-refractivity contribution in [3.8, 4) is 0 Å². The van der Waals surface area contributed by atoms with E-state index in [1.165, 1.54) is 18.4 Å². The summed E-state index contributed by atoms with van der Waals surface area (Å²) in [7, 11) is -0.536. The SMILES string of the molecule is C.C.CC(C)(C)OC(=O)n1cc(B2OC(C)(C)C(C)(C)O2)cn1.CC1CCC(C)C(c2cn[nH]c2)N1.Cc1cnc(C)c(Cl)n1. The number of ether oxygens (including phenoxy) is 1. The first-order valence-corrected chi connectivity index (χ1v) is 15.1. The maximum atomic E-state index is 11.9. The van der Waals surface area contributed by atoms with Gasteiger partial charge in [-0.25, -0.2) is 9.78 Å². The second kappa shape index (κ2) is 16.2. The van der Waals surface area contributed by atoms with Gasteiger partial charge in [0.25, 0.3) is 0 Å². The van der Waals surface area contributed by atoms with E-state index < -0.39 is 30.0 Å². The monoisotopic (exact) mass is 647 g/mol. The standard InChI is InChI=1S/C14H23BN2O4.C10H17N3.C6H7ClN2.2CH4/c1-12(2,3)19-11(18)17-9-10(8-16-17)15-20-13(4,5)14(6,7)21-15;1-7-3-4-8(2)13-10(7)9-5-11-12-6-9;1-4-3-8-5(2)6(7)9-4;;/h8-9H,1-7H3;5-8,10,13H,3-4H2,1-2H3,(H,11,12);3H,1-2H3;2*1H4. The fourth-order valence-corrected chi connectivity index (χ4v) is 4.63. The third-order valence-electron chi connectivity index (χ3n) is 7.69. The van der Waals surface area contributed by atoms with Gasteiger partial charge in [-0.15, -0.1) is 0 Å². The van der Waals surface area contributed by atoms with Crippen molar-refractivity contribution >= 4 is 30.3 Å². The molecule has 0 spiro atoms. The fourth-order valence-electron chi connectivity index (χ4n) is 4.44. The molecule has 2 aliphatic heterocycles. The van der Waals surface area contributed by atoms with Gasteiger partial charge in [0.2, 0.25) is 0 Å². The molecule has 3 aromatic heterocycles. The zero-order valence-corrected chi connectivity index (χ0v) is 28.1. The Kier molecular flexibility index (Phi) is 14.4. The Morgan fingerprint density at radius 2 is 1.69 bits per heavy atom. The molecular formula is C32H55BClN7O4. The Morgan fingerprint density at radius 3 is 2.20 bits per heavy atom. The topological polar surface area (TPSA) is 129 Å². The van der Waals surface area contributed by atoms with Crippen molar-refractivity contribution in [3.63, 3.8) is 0 Å². The number of aryl methyl sites for hydroxylation is 2. The molecule has 13 heteroatoms. The van der Waals surface area contributed by atoms with Crippen molar-refractivity contribution in [1.82, 2.24) is 35.3 Å². The summed E-state index contributed by atoms with van der Waals surface area (Å²) in [4.78, 5) is 19.9. The highest BCUT2D eigenvalue weighted by molar-refractivity contribution is 6.62. The molecule has 2 saturated heterocycles. The number of nitrogens with one attached hydrogen (secondary N) is 2. The number of nitrogens with zero attached hydrogens (tertiary/aromatic N) is 5. The second-order valence-electron chi connectivity index (χ2n) is 13.3. The van der Waals surface area contributed by atoms with Crippen LogP contribution in [0.15, 0.2) is 31.0 Å². The molecule has 3 atom stereocenters. The van der Waals surface area contributed by atoms with E-state index in [0.717, 1.165) is 16.1 Å². The Bertz CT molecular complexity index is 1330. The lowest BCUT2D eigenvalue weighted by atomic mass is 9.82. The second-order valence-corrected chi connectivity index (χ2v) is 13.7. The van der Waals surface area contributed by atoms with Crippen LogP contribution in [0.2, 0.25) is 5.15 Å². The molecule has 3 aromatic rings. The van der Waals surface area contributed by atoms with Gasteiger partial charge in [-0.1, -0.05) is 33.4 Å². The van der Waals surface area contributed by atoms with Crippen LogP contribution in [0.5, 0.6) is 0 Å². The van der Waals surface area contributed by atoms with Crippen molar-refractivity contribution in [3.05, 3.63) is 53.1 Å². The van der Waals surface area contributed by atoms with E-state index >= 15 is 0 Å². The van der Waals surface area contributed by atoms with Crippen molar-refractivity contribution in [2.24, 2.45) is 5.92 Å². The summed E-state index contributed by atoms with van der Waals surface area (Å²) in [6.07, 6.45) is 10.8. The van der Waals surface area contributed by atoms with Gasteiger partial charge in [0, 0.05) is 47.9 Å². The summed E-state index contributed by atoms with van der Waals surface area (Å²) in [6.45, 7) is 21.6. The lowest BCUT2D eigenvalue weighted by Gasteiger charge is -2.33. The molecule has 0 bridgehead atoms. The zero-order chi connectivity index (χ0) is 32.2. The first kappa shape index (κ1) is 40.2. The summed E-state index contributed by atoms with van der Waals surface area (Å²) in [6, 6.07) is 1.12. The number of hydrogen-bond donors (Lipinski definition) is 2. The molecule has 252 valence electrons. The molecule has 0 saturated carbocycles. The van der Waals surface area contributed by atoms with Gasteiger partial charge in [0.15, 0.2) is 5.15 Å². The molecule has 2 fully saturated rings. The first-order chi connectivity index (χ1) is 19.9. The van der Waals surface area contributed by atoms with Gasteiger partial charge in [0.05, 0.1) is 28.8 Å².